The van der Waals surface area contributed by atoms with Crippen LogP contribution in [0.2, 0.25) is 0 Å². The Balaban J connectivity index is 2.31. The molecule has 0 spiro atoms. The van der Waals surface area contributed by atoms with E-state index in [4.69, 9.17) is 0 Å². The van der Waals surface area contributed by atoms with Crippen LogP contribution in [0, 0.1) is 6.92 Å². The number of aryl methyl sites for hydroxylation is 1. The predicted molar refractivity (Wildman–Crippen MR) is 77.4 cm³/mol. The van der Waals surface area contributed by atoms with Crippen molar-refractivity contribution in [3.63, 3.8) is 0 Å². The Bertz CT molecular complexity index is 809. The Morgan fingerprint density at radius 1 is 1.20 bits per heavy atom. The molecule has 3 heterocycles. The second-order valence-corrected chi connectivity index (χ2v) is 5.20. The zero-order valence-electron chi connectivity index (χ0n) is 11.7. The van der Waals surface area contributed by atoms with Gasteiger partial charge in [0.25, 0.3) is 0 Å². The van der Waals surface area contributed by atoms with E-state index < -0.39 is 0 Å². The lowest BCUT2D eigenvalue weighted by Crippen LogP contribution is -2.07. The van der Waals surface area contributed by atoms with Crippen LogP contribution in [-0.2, 0) is 0 Å². The molecular weight excluding hydrogens is 252 g/mol. The Morgan fingerprint density at radius 3 is 2.55 bits per heavy atom. The summed E-state index contributed by atoms with van der Waals surface area (Å²) in [4.78, 5) is 15.8. The quantitative estimate of drug-likeness (QED) is 0.716. The van der Waals surface area contributed by atoms with Crippen molar-refractivity contribution in [2.75, 3.05) is 0 Å². The highest BCUT2D eigenvalue weighted by Crippen LogP contribution is 2.20. The summed E-state index contributed by atoms with van der Waals surface area (Å²) < 4.78 is 3.70. The standard InChI is InChI=1S/C15H16N4O/c1-10(2)13-8-14(18-6-4-12(20)5-7-18)15-16-11(3)9-19(15)17-13/h4-10H,1-3H3. The third-order valence-corrected chi connectivity index (χ3v) is 3.21. The summed E-state index contributed by atoms with van der Waals surface area (Å²) in [7, 11) is 0. The maximum Gasteiger partial charge on any atom is 0.181 e. The van der Waals surface area contributed by atoms with Crippen LogP contribution in [0.25, 0.3) is 11.3 Å². The summed E-state index contributed by atoms with van der Waals surface area (Å²) in [5, 5.41) is 4.58. The van der Waals surface area contributed by atoms with Crippen LogP contribution in [0.4, 0.5) is 0 Å². The van der Waals surface area contributed by atoms with Crippen LogP contribution >= 0.6 is 0 Å². The van der Waals surface area contributed by atoms with Gasteiger partial charge in [0.2, 0.25) is 0 Å². The molecule has 3 rings (SSSR count). The highest BCUT2D eigenvalue weighted by atomic mass is 16.1. The first-order valence-electron chi connectivity index (χ1n) is 6.60. The molecule has 0 atom stereocenters. The van der Waals surface area contributed by atoms with Gasteiger partial charge in [-0.2, -0.15) is 5.10 Å². The maximum atomic E-state index is 11.2. The van der Waals surface area contributed by atoms with Gasteiger partial charge in [-0.1, -0.05) is 13.8 Å². The molecule has 5 heteroatoms. The fourth-order valence-corrected chi connectivity index (χ4v) is 2.14. The molecule has 102 valence electrons. The van der Waals surface area contributed by atoms with Crippen LogP contribution in [0.1, 0.15) is 31.2 Å². The normalized spacial score (nSPS) is 11.4. The Morgan fingerprint density at radius 2 is 1.90 bits per heavy atom. The number of nitrogens with zero attached hydrogens (tertiary/aromatic N) is 4. The van der Waals surface area contributed by atoms with Crippen LogP contribution in [0.3, 0.4) is 0 Å². The van der Waals surface area contributed by atoms with Gasteiger partial charge >= 0.3 is 0 Å². The minimum atomic E-state index is -0.00469. The van der Waals surface area contributed by atoms with Gasteiger partial charge in [0, 0.05) is 24.5 Å². The molecule has 0 aromatic carbocycles. The van der Waals surface area contributed by atoms with Gasteiger partial charge in [0.15, 0.2) is 11.1 Å². The number of hydrogen-bond acceptors (Lipinski definition) is 3. The largest absolute Gasteiger partial charge is 0.320 e. The molecule has 0 saturated carbocycles. The lowest BCUT2D eigenvalue weighted by Gasteiger charge is -2.11. The molecule has 3 aromatic heterocycles. The van der Waals surface area contributed by atoms with E-state index in [0.717, 1.165) is 22.7 Å². The van der Waals surface area contributed by atoms with Gasteiger partial charge in [-0.3, -0.25) is 4.79 Å². The molecule has 0 amide bonds. The van der Waals surface area contributed by atoms with Crippen molar-refractivity contribution in [2.24, 2.45) is 0 Å². The number of imidazole rings is 1. The molecule has 0 aliphatic rings. The second kappa shape index (κ2) is 4.59. The van der Waals surface area contributed by atoms with Crippen LogP contribution in [0.15, 0.2) is 41.6 Å². The zero-order chi connectivity index (χ0) is 14.3. The number of aromatic nitrogens is 4. The molecule has 0 bridgehead atoms. The summed E-state index contributed by atoms with van der Waals surface area (Å²) in [6.45, 7) is 6.15. The molecule has 0 saturated heterocycles. The van der Waals surface area contributed by atoms with E-state index in [1.807, 2.05) is 23.8 Å². The SMILES string of the molecule is Cc1cn2nc(C(C)C)cc(-n3ccc(=O)cc3)c2n1. The summed E-state index contributed by atoms with van der Waals surface area (Å²) >= 11 is 0. The number of rotatable bonds is 2. The van der Waals surface area contributed by atoms with Gasteiger partial charge in [-0.15, -0.1) is 0 Å². The number of hydrogen-bond donors (Lipinski definition) is 0. The van der Waals surface area contributed by atoms with E-state index in [1.165, 1.54) is 0 Å². The van der Waals surface area contributed by atoms with E-state index in [1.54, 1.807) is 29.0 Å². The third kappa shape index (κ3) is 2.11. The third-order valence-electron chi connectivity index (χ3n) is 3.21. The molecule has 5 nitrogen and oxygen atoms in total. The van der Waals surface area contributed by atoms with Gasteiger partial charge in [0.1, 0.15) is 0 Å². The lowest BCUT2D eigenvalue weighted by atomic mass is 10.1. The van der Waals surface area contributed by atoms with E-state index in [-0.39, 0.29) is 5.43 Å². The first-order chi connectivity index (χ1) is 9.54. The summed E-state index contributed by atoms with van der Waals surface area (Å²) in [5.41, 5.74) is 3.62. The van der Waals surface area contributed by atoms with E-state index in [2.05, 4.69) is 23.9 Å². The molecule has 0 aliphatic heterocycles. The van der Waals surface area contributed by atoms with E-state index in [9.17, 15) is 4.79 Å². The highest BCUT2D eigenvalue weighted by Gasteiger charge is 2.11. The minimum Gasteiger partial charge on any atom is -0.320 e. The molecule has 0 unspecified atom stereocenters. The van der Waals surface area contributed by atoms with E-state index in [0.29, 0.717) is 5.92 Å². The zero-order valence-corrected chi connectivity index (χ0v) is 11.7. The number of fused-ring (bicyclic) bond motifs is 1. The van der Waals surface area contributed by atoms with Crippen molar-refractivity contribution in [1.82, 2.24) is 19.2 Å². The maximum absolute atomic E-state index is 11.2. The molecule has 0 radical (unpaired) electrons. The summed E-state index contributed by atoms with van der Waals surface area (Å²) in [6.07, 6.45) is 5.42. The molecule has 20 heavy (non-hydrogen) atoms. The Labute approximate surface area is 116 Å². The number of pyridine rings is 1. The average molecular weight is 268 g/mol. The van der Waals surface area contributed by atoms with Gasteiger partial charge < -0.3 is 4.57 Å². The van der Waals surface area contributed by atoms with Crippen molar-refractivity contribution in [2.45, 2.75) is 26.7 Å². The van der Waals surface area contributed by atoms with Crippen LogP contribution < -0.4 is 5.43 Å². The smallest absolute Gasteiger partial charge is 0.181 e. The Hall–Kier alpha value is -2.43. The van der Waals surface area contributed by atoms with Crippen molar-refractivity contribution >= 4 is 5.65 Å². The first-order valence-corrected chi connectivity index (χ1v) is 6.60. The van der Waals surface area contributed by atoms with Crippen molar-refractivity contribution in [3.8, 4) is 5.69 Å². The van der Waals surface area contributed by atoms with Gasteiger partial charge in [0.05, 0.1) is 23.3 Å². The molecule has 0 fully saturated rings. The second-order valence-electron chi connectivity index (χ2n) is 5.20. The fourth-order valence-electron chi connectivity index (χ4n) is 2.14. The summed E-state index contributed by atoms with van der Waals surface area (Å²) in [5.74, 6) is 0.320. The predicted octanol–water partition coefficient (Wildman–Crippen LogP) is 2.31. The van der Waals surface area contributed by atoms with E-state index >= 15 is 0 Å². The van der Waals surface area contributed by atoms with Crippen LogP contribution in [-0.4, -0.2) is 19.2 Å². The molecular formula is C15H16N4O. The summed E-state index contributed by atoms with van der Waals surface area (Å²) in [6, 6.07) is 5.11. The minimum absolute atomic E-state index is 0.00469. The van der Waals surface area contributed by atoms with Gasteiger partial charge in [-0.25, -0.2) is 9.50 Å². The Kier molecular flexibility index (Phi) is 2.89. The fraction of sp³-hybridized carbons (Fsp3) is 0.267. The van der Waals surface area contributed by atoms with Crippen molar-refractivity contribution in [1.29, 1.82) is 0 Å². The molecule has 0 N–H and O–H groups in total. The first kappa shape index (κ1) is 12.6. The van der Waals surface area contributed by atoms with Crippen molar-refractivity contribution < 1.29 is 0 Å². The molecule has 3 aromatic rings. The average Bonchev–Trinajstić information content (AvgIpc) is 2.78. The topological polar surface area (TPSA) is 52.2 Å². The molecule has 0 aliphatic carbocycles. The van der Waals surface area contributed by atoms with Crippen LogP contribution in [0.5, 0.6) is 0 Å². The monoisotopic (exact) mass is 268 g/mol. The van der Waals surface area contributed by atoms with Gasteiger partial charge in [-0.05, 0) is 18.9 Å². The lowest BCUT2D eigenvalue weighted by molar-refractivity contribution is 0.758. The van der Waals surface area contributed by atoms with Crippen molar-refractivity contribution in [3.05, 3.63) is 58.4 Å². The highest BCUT2D eigenvalue weighted by molar-refractivity contribution is 5.59.